The summed E-state index contributed by atoms with van der Waals surface area (Å²) < 4.78 is 6.55. The van der Waals surface area contributed by atoms with E-state index in [9.17, 15) is 0 Å². The summed E-state index contributed by atoms with van der Waals surface area (Å²) in [6, 6.07) is 0. The molecule has 0 saturated heterocycles. The Morgan fingerprint density at radius 3 is 1.65 bits per heavy atom. The zero-order chi connectivity index (χ0) is 12.1. The molecule has 0 aliphatic rings. The lowest BCUT2D eigenvalue weighted by Crippen LogP contribution is -2.34. The predicted octanol–water partition coefficient (Wildman–Crippen LogP) is 2.64. The second kappa shape index (κ2) is 6.17. The molecule has 0 unspecified atom stereocenters. The first-order valence-corrected chi connectivity index (χ1v) is 8.36. The normalized spacial score (nSPS) is 11.9. The summed E-state index contributed by atoms with van der Waals surface area (Å²) in [4.78, 5) is 8.22. The number of nitrogens with zero attached hydrogens (tertiary/aromatic N) is 4. The fraction of sp³-hybridized carbons (Fsp3) is 0.455. The maximum atomic E-state index is 4.11. The van der Waals surface area contributed by atoms with Gasteiger partial charge in [-0.25, -0.2) is 9.97 Å². The van der Waals surface area contributed by atoms with Gasteiger partial charge in [-0.15, -0.1) is 0 Å². The van der Waals surface area contributed by atoms with E-state index in [4.69, 9.17) is 0 Å². The lowest BCUT2D eigenvalue weighted by atomic mass is 9.93. The van der Waals surface area contributed by atoms with E-state index in [2.05, 4.69) is 64.3 Å². The maximum absolute atomic E-state index is 4.11. The molecule has 6 heteroatoms. The van der Waals surface area contributed by atoms with Crippen molar-refractivity contribution in [2.24, 2.45) is 5.41 Å². The summed E-state index contributed by atoms with van der Waals surface area (Å²) in [7, 11) is 0. The smallest absolute Gasteiger partial charge is 0.0946 e. The maximum Gasteiger partial charge on any atom is 0.0946 e. The van der Waals surface area contributed by atoms with E-state index in [-0.39, 0.29) is 5.41 Å². The average Bonchev–Trinajstić information content (AvgIpc) is 3.01. The Kier molecular flexibility index (Phi) is 4.83. The molecule has 0 atom stereocenters. The summed E-state index contributed by atoms with van der Waals surface area (Å²) >= 11 is 4.96. The van der Waals surface area contributed by atoms with Crippen LogP contribution in [0.15, 0.2) is 37.4 Å². The Hall–Kier alpha value is -0.120. The van der Waals surface area contributed by atoms with Gasteiger partial charge in [-0.2, -0.15) is 0 Å². The van der Waals surface area contributed by atoms with Crippen LogP contribution in [0.25, 0.3) is 0 Å². The number of aromatic nitrogens is 4. The fourth-order valence-electron chi connectivity index (χ4n) is 1.79. The van der Waals surface area contributed by atoms with Crippen LogP contribution in [-0.4, -0.2) is 28.0 Å². The SMILES string of the molecule is ICC(CI)(Cn1ccnc1)Cn1ccnc1. The highest BCUT2D eigenvalue weighted by Gasteiger charge is 2.28. The molecule has 0 fully saturated rings. The quantitative estimate of drug-likeness (QED) is 0.496. The Labute approximate surface area is 128 Å². The molecule has 2 aromatic heterocycles. The van der Waals surface area contributed by atoms with Crippen molar-refractivity contribution < 1.29 is 0 Å². The van der Waals surface area contributed by atoms with Gasteiger partial charge in [0, 0.05) is 52.1 Å². The number of hydrogen-bond acceptors (Lipinski definition) is 2. The average molecular weight is 456 g/mol. The first kappa shape index (κ1) is 13.3. The molecule has 4 nitrogen and oxygen atoms in total. The minimum atomic E-state index is 0.252. The molecule has 0 bridgehead atoms. The molecule has 92 valence electrons. The van der Waals surface area contributed by atoms with Crippen molar-refractivity contribution in [3.8, 4) is 0 Å². The summed E-state index contributed by atoms with van der Waals surface area (Å²) in [6.07, 6.45) is 11.5. The van der Waals surface area contributed by atoms with Gasteiger partial charge in [0.25, 0.3) is 0 Å². The van der Waals surface area contributed by atoms with E-state index in [1.807, 2.05) is 37.4 Å². The van der Waals surface area contributed by atoms with Crippen molar-refractivity contribution in [1.29, 1.82) is 0 Å². The van der Waals surface area contributed by atoms with Crippen molar-refractivity contribution in [2.75, 3.05) is 8.86 Å². The monoisotopic (exact) mass is 456 g/mol. The lowest BCUT2D eigenvalue weighted by molar-refractivity contribution is 0.283. The molecular formula is C11H14I2N4. The molecule has 0 aliphatic carbocycles. The van der Waals surface area contributed by atoms with Gasteiger partial charge in [-0.05, 0) is 0 Å². The highest BCUT2D eigenvalue weighted by molar-refractivity contribution is 14.1. The van der Waals surface area contributed by atoms with E-state index < -0.39 is 0 Å². The van der Waals surface area contributed by atoms with Gasteiger partial charge in [0.05, 0.1) is 12.7 Å². The summed E-state index contributed by atoms with van der Waals surface area (Å²) in [5.74, 6) is 0. The van der Waals surface area contributed by atoms with Crippen molar-refractivity contribution in [2.45, 2.75) is 13.1 Å². The van der Waals surface area contributed by atoms with Crippen LogP contribution in [0, 0.1) is 5.41 Å². The van der Waals surface area contributed by atoms with E-state index in [0.29, 0.717) is 0 Å². The summed E-state index contributed by atoms with van der Waals surface area (Å²) in [5, 5.41) is 0. The van der Waals surface area contributed by atoms with Crippen molar-refractivity contribution in [1.82, 2.24) is 19.1 Å². The largest absolute Gasteiger partial charge is 0.337 e. The molecule has 0 aromatic carbocycles. The van der Waals surface area contributed by atoms with Crippen LogP contribution < -0.4 is 0 Å². The molecule has 0 spiro atoms. The second-order valence-electron chi connectivity index (χ2n) is 4.24. The van der Waals surface area contributed by atoms with Gasteiger partial charge in [0.15, 0.2) is 0 Å². The Bertz CT molecular complexity index is 382. The fourth-order valence-corrected chi connectivity index (χ4v) is 4.33. The Balaban J connectivity index is 2.13. The Morgan fingerprint density at radius 2 is 1.35 bits per heavy atom. The number of alkyl halides is 2. The van der Waals surface area contributed by atoms with Gasteiger partial charge in [-0.3, -0.25) is 0 Å². The molecule has 2 rings (SSSR count). The molecule has 0 radical (unpaired) electrons. The predicted molar refractivity (Wildman–Crippen MR) is 84.7 cm³/mol. The van der Waals surface area contributed by atoms with Gasteiger partial charge in [0.1, 0.15) is 0 Å². The third kappa shape index (κ3) is 3.43. The number of rotatable bonds is 6. The van der Waals surface area contributed by atoms with Gasteiger partial charge >= 0.3 is 0 Å². The van der Waals surface area contributed by atoms with Crippen LogP contribution in [0.1, 0.15) is 0 Å². The van der Waals surface area contributed by atoms with Gasteiger partial charge in [-0.1, -0.05) is 45.2 Å². The lowest BCUT2D eigenvalue weighted by Gasteiger charge is -2.30. The van der Waals surface area contributed by atoms with Crippen LogP contribution >= 0.6 is 45.2 Å². The molecule has 17 heavy (non-hydrogen) atoms. The van der Waals surface area contributed by atoms with Crippen LogP contribution in [0.5, 0.6) is 0 Å². The third-order valence-electron chi connectivity index (χ3n) is 2.72. The third-order valence-corrected chi connectivity index (χ3v) is 5.96. The van der Waals surface area contributed by atoms with Crippen LogP contribution in [0.3, 0.4) is 0 Å². The molecule has 0 amide bonds. The van der Waals surface area contributed by atoms with Crippen molar-refractivity contribution >= 4 is 45.2 Å². The van der Waals surface area contributed by atoms with Crippen LogP contribution in [0.4, 0.5) is 0 Å². The molecule has 2 heterocycles. The topological polar surface area (TPSA) is 35.6 Å². The highest BCUT2D eigenvalue weighted by Crippen LogP contribution is 2.28. The highest BCUT2D eigenvalue weighted by atomic mass is 127. The van der Waals surface area contributed by atoms with Crippen molar-refractivity contribution in [3.05, 3.63) is 37.4 Å². The molecular weight excluding hydrogens is 442 g/mol. The minimum Gasteiger partial charge on any atom is -0.337 e. The summed E-state index contributed by atoms with van der Waals surface area (Å²) in [5.41, 5.74) is 0.252. The van der Waals surface area contributed by atoms with E-state index in [1.54, 1.807) is 0 Å². The van der Waals surface area contributed by atoms with Crippen LogP contribution in [0.2, 0.25) is 0 Å². The zero-order valence-electron chi connectivity index (χ0n) is 9.34. The molecule has 2 aromatic rings. The van der Waals surface area contributed by atoms with Gasteiger partial charge < -0.3 is 9.13 Å². The van der Waals surface area contributed by atoms with Crippen LogP contribution in [-0.2, 0) is 13.1 Å². The molecule has 0 saturated carbocycles. The zero-order valence-corrected chi connectivity index (χ0v) is 13.7. The minimum absolute atomic E-state index is 0.252. The first-order valence-electron chi connectivity index (χ1n) is 5.31. The van der Waals surface area contributed by atoms with Crippen molar-refractivity contribution in [3.63, 3.8) is 0 Å². The summed E-state index contributed by atoms with van der Waals surface area (Å²) in [6.45, 7) is 1.99. The van der Waals surface area contributed by atoms with E-state index >= 15 is 0 Å². The standard InChI is InChI=1S/C11H14I2N4/c12-5-11(6-13,7-16-3-1-14-9-16)8-17-4-2-15-10-17/h1-4,9-10H,5-8H2. The van der Waals surface area contributed by atoms with E-state index in [1.165, 1.54) is 0 Å². The molecule has 0 aliphatic heterocycles. The Morgan fingerprint density at radius 1 is 0.882 bits per heavy atom. The second-order valence-corrected chi connectivity index (χ2v) is 5.76. The number of halogens is 2. The van der Waals surface area contributed by atoms with Gasteiger partial charge in [0.2, 0.25) is 0 Å². The number of hydrogen-bond donors (Lipinski definition) is 0. The van der Waals surface area contributed by atoms with E-state index in [0.717, 1.165) is 21.9 Å². The molecule has 0 N–H and O–H groups in total. The first-order chi connectivity index (χ1) is 8.28. The number of imidazole rings is 2.